The predicted octanol–water partition coefficient (Wildman–Crippen LogP) is 2.50. The highest BCUT2D eigenvalue weighted by Gasteiger charge is 2.27. The van der Waals surface area contributed by atoms with E-state index in [1.54, 1.807) is 18.0 Å². The smallest absolute Gasteiger partial charge is 0.228 e. The van der Waals surface area contributed by atoms with E-state index in [-0.39, 0.29) is 6.61 Å². The van der Waals surface area contributed by atoms with Crippen LogP contribution in [-0.4, -0.2) is 58.5 Å². The maximum Gasteiger partial charge on any atom is 0.228 e. The van der Waals surface area contributed by atoms with Crippen molar-refractivity contribution in [1.29, 1.82) is 0 Å². The average molecular weight is 381 g/mol. The molecule has 1 aliphatic rings. The maximum atomic E-state index is 8.79. The number of furan rings is 1. The van der Waals surface area contributed by atoms with Gasteiger partial charge in [0.05, 0.1) is 32.6 Å². The van der Waals surface area contributed by atoms with Crippen LogP contribution in [0.5, 0.6) is 0 Å². The second-order valence-corrected chi connectivity index (χ2v) is 8.05. The number of anilines is 1. The Kier molecular flexibility index (Phi) is 6.99. The van der Waals surface area contributed by atoms with E-state index in [4.69, 9.17) is 14.3 Å². The molecule has 0 spiro atoms. The van der Waals surface area contributed by atoms with Crippen LogP contribution in [0.4, 0.5) is 5.95 Å². The van der Waals surface area contributed by atoms with Gasteiger partial charge in [-0.3, -0.25) is 4.57 Å². The van der Waals surface area contributed by atoms with Gasteiger partial charge in [-0.25, -0.2) is 0 Å². The Labute approximate surface area is 158 Å². The number of aliphatic hydroxyl groups excluding tert-OH is 1. The molecule has 1 N–H and O–H groups in total. The maximum absolute atomic E-state index is 8.79. The monoisotopic (exact) mass is 380 g/mol. The summed E-state index contributed by atoms with van der Waals surface area (Å²) in [6.45, 7) is 8.22. The summed E-state index contributed by atoms with van der Waals surface area (Å²) in [6, 6.07) is 3.88. The Morgan fingerprint density at radius 3 is 2.77 bits per heavy atom. The average Bonchev–Trinajstić information content (AvgIpc) is 3.25. The molecule has 2 aromatic heterocycles. The number of rotatable bonds is 9. The molecule has 3 heterocycles. The Morgan fingerprint density at radius 2 is 2.08 bits per heavy atom. The minimum Gasteiger partial charge on any atom is -0.467 e. The number of piperidine rings is 1. The molecule has 1 fully saturated rings. The normalized spacial score (nSPS) is 20.7. The van der Waals surface area contributed by atoms with Crippen LogP contribution in [0.1, 0.15) is 26.0 Å². The number of hydrogen-bond donors (Lipinski definition) is 1. The first-order chi connectivity index (χ1) is 12.7. The predicted molar refractivity (Wildman–Crippen MR) is 102 cm³/mol. The molecule has 3 rings (SSSR count). The molecule has 144 valence electrons. The first kappa shape index (κ1) is 19.3. The summed E-state index contributed by atoms with van der Waals surface area (Å²) in [5.74, 6) is 3.87. The number of nitrogens with zero attached hydrogens (tertiary/aromatic N) is 4. The number of ether oxygens (including phenoxy) is 1. The van der Waals surface area contributed by atoms with E-state index in [0.29, 0.717) is 31.6 Å². The Balaban J connectivity index is 1.75. The van der Waals surface area contributed by atoms with Gasteiger partial charge in [0.15, 0.2) is 5.16 Å². The fraction of sp³-hybridized carbons (Fsp3) is 0.667. The van der Waals surface area contributed by atoms with Gasteiger partial charge < -0.3 is 19.2 Å². The van der Waals surface area contributed by atoms with Gasteiger partial charge in [-0.05, 0) is 30.4 Å². The minimum absolute atomic E-state index is 0.0504. The highest BCUT2D eigenvalue weighted by Crippen LogP contribution is 2.28. The van der Waals surface area contributed by atoms with E-state index in [1.807, 2.05) is 12.1 Å². The molecule has 8 heteroatoms. The second kappa shape index (κ2) is 9.43. The van der Waals surface area contributed by atoms with Crippen molar-refractivity contribution in [3.05, 3.63) is 24.2 Å². The molecule has 2 unspecified atom stereocenters. The van der Waals surface area contributed by atoms with Crippen molar-refractivity contribution < 1.29 is 14.3 Å². The lowest BCUT2D eigenvalue weighted by Crippen LogP contribution is -2.40. The molecular formula is C18H28N4O3S. The van der Waals surface area contributed by atoms with Gasteiger partial charge in [-0.2, -0.15) is 0 Å². The Bertz CT molecular complexity index is 651. The van der Waals surface area contributed by atoms with Gasteiger partial charge in [0.25, 0.3) is 0 Å². The van der Waals surface area contributed by atoms with E-state index in [1.165, 1.54) is 6.42 Å². The van der Waals surface area contributed by atoms with Crippen LogP contribution < -0.4 is 4.90 Å². The molecule has 0 aromatic carbocycles. The molecule has 0 aliphatic carbocycles. The van der Waals surface area contributed by atoms with Crippen molar-refractivity contribution in [2.75, 3.05) is 43.6 Å². The van der Waals surface area contributed by atoms with Crippen LogP contribution in [0.2, 0.25) is 0 Å². The van der Waals surface area contributed by atoms with E-state index in [2.05, 4.69) is 33.5 Å². The quantitative estimate of drug-likeness (QED) is 0.529. The van der Waals surface area contributed by atoms with Crippen molar-refractivity contribution in [2.24, 2.45) is 11.8 Å². The van der Waals surface area contributed by atoms with Gasteiger partial charge in [0.2, 0.25) is 5.95 Å². The zero-order valence-corrected chi connectivity index (χ0v) is 16.3. The van der Waals surface area contributed by atoms with Gasteiger partial charge >= 0.3 is 0 Å². The molecule has 7 nitrogen and oxygen atoms in total. The molecule has 1 saturated heterocycles. The van der Waals surface area contributed by atoms with Crippen LogP contribution in [0, 0.1) is 11.8 Å². The summed E-state index contributed by atoms with van der Waals surface area (Å²) < 4.78 is 13.0. The SMILES string of the molecule is CC1CC(C)CN(c2nnc(SCCOCCO)n2Cc2ccco2)C1. The van der Waals surface area contributed by atoms with Crippen LogP contribution in [-0.2, 0) is 11.3 Å². The first-order valence-corrected chi connectivity index (χ1v) is 10.2. The topological polar surface area (TPSA) is 76.6 Å². The third-order valence-corrected chi connectivity index (χ3v) is 5.37. The van der Waals surface area contributed by atoms with E-state index in [0.717, 1.165) is 35.7 Å². The van der Waals surface area contributed by atoms with Gasteiger partial charge in [-0.1, -0.05) is 25.6 Å². The van der Waals surface area contributed by atoms with Crippen molar-refractivity contribution in [1.82, 2.24) is 14.8 Å². The summed E-state index contributed by atoms with van der Waals surface area (Å²) in [5, 5.41) is 18.6. The lowest BCUT2D eigenvalue weighted by molar-refractivity contribution is 0.103. The Hall–Kier alpha value is -1.51. The minimum atomic E-state index is 0.0504. The van der Waals surface area contributed by atoms with E-state index in [9.17, 15) is 0 Å². The van der Waals surface area contributed by atoms with Crippen LogP contribution >= 0.6 is 11.8 Å². The highest BCUT2D eigenvalue weighted by atomic mass is 32.2. The van der Waals surface area contributed by atoms with Crippen molar-refractivity contribution in [2.45, 2.75) is 32.0 Å². The van der Waals surface area contributed by atoms with Crippen molar-refractivity contribution in [3.8, 4) is 0 Å². The van der Waals surface area contributed by atoms with Crippen molar-refractivity contribution >= 4 is 17.7 Å². The first-order valence-electron chi connectivity index (χ1n) is 9.19. The molecule has 2 aromatic rings. The molecule has 0 saturated carbocycles. The highest BCUT2D eigenvalue weighted by molar-refractivity contribution is 7.99. The van der Waals surface area contributed by atoms with Crippen molar-refractivity contribution in [3.63, 3.8) is 0 Å². The summed E-state index contributed by atoms with van der Waals surface area (Å²) in [7, 11) is 0. The van der Waals surface area contributed by atoms with Crippen LogP contribution in [0.15, 0.2) is 28.0 Å². The fourth-order valence-corrected chi connectivity index (χ4v) is 4.29. The fourth-order valence-electron chi connectivity index (χ4n) is 3.50. The lowest BCUT2D eigenvalue weighted by Gasteiger charge is -2.35. The third kappa shape index (κ3) is 5.02. The summed E-state index contributed by atoms with van der Waals surface area (Å²) >= 11 is 1.62. The van der Waals surface area contributed by atoms with Gasteiger partial charge in [-0.15, -0.1) is 10.2 Å². The number of thioether (sulfide) groups is 1. The summed E-state index contributed by atoms with van der Waals surface area (Å²) in [4.78, 5) is 2.35. The van der Waals surface area contributed by atoms with Crippen LogP contribution in [0.25, 0.3) is 0 Å². The molecule has 0 amide bonds. The summed E-state index contributed by atoms with van der Waals surface area (Å²) in [6.07, 6.45) is 2.95. The largest absolute Gasteiger partial charge is 0.467 e. The number of aliphatic hydroxyl groups is 1. The standard InChI is InChI=1S/C18H28N4O3S/c1-14-10-15(2)12-21(11-14)17-19-20-18(26-9-8-24-7-5-23)22(17)13-16-4-3-6-25-16/h3-4,6,14-15,23H,5,7-13H2,1-2H3. The number of aromatic nitrogens is 3. The molecule has 2 atom stereocenters. The zero-order valence-electron chi connectivity index (χ0n) is 15.5. The van der Waals surface area contributed by atoms with E-state index < -0.39 is 0 Å². The van der Waals surface area contributed by atoms with Gasteiger partial charge in [0.1, 0.15) is 5.76 Å². The zero-order chi connectivity index (χ0) is 18.4. The molecule has 0 radical (unpaired) electrons. The Morgan fingerprint density at radius 1 is 1.27 bits per heavy atom. The number of hydrogen-bond acceptors (Lipinski definition) is 7. The second-order valence-electron chi connectivity index (χ2n) is 6.98. The molecular weight excluding hydrogens is 352 g/mol. The van der Waals surface area contributed by atoms with E-state index >= 15 is 0 Å². The lowest BCUT2D eigenvalue weighted by atomic mass is 9.92. The molecule has 1 aliphatic heterocycles. The summed E-state index contributed by atoms with van der Waals surface area (Å²) in [5.41, 5.74) is 0. The molecule has 0 bridgehead atoms. The molecule has 26 heavy (non-hydrogen) atoms. The van der Waals surface area contributed by atoms with Crippen LogP contribution in [0.3, 0.4) is 0 Å². The van der Waals surface area contributed by atoms with Gasteiger partial charge in [0, 0.05) is 18.8 Å². The third-order valence-electron chi connectivity index (χ3n) is 4.44.